The normalized spacial score (nSPS) is 11.0. The number of pyridine rings is 1. The van der Waals surface area contributed by atoms with E-state index in [4.69, 9.17) is 4.74 Å². The first-order chi connectivity index (χ1) is 13.4. The number of tetrazole rings is 1. The van der Waals surface area contributed by atoms with Crippen LogP contribution in [0.2, 0.25) is 0 Å². The van der Waals surface area contributed by atoms with Gasteiger partial charge in [0, 0.05) is 11.8 Å². The van der Waals surface area contributed by atoms with Crippen LogP contribution in [0.15, 0.2) is 60.7 Å². The number of aromatic amines is 1. The van der Waals surface area contributed by atoms with E-state index >= 15 is 0 Å². The van der Waals surface area contributed by atoms with Crippen molar-refractivity contribution in [1.82, 2.24) is 25.6 Å². The predicted molar refractivity (Wildman–Crippen MR) is 103 cm³/mol. The Kier molecular flexibility index (Phi) is 5.34. The molecular formula is C21H21N5O. The summed E-state index contributed by atoms with van der Waals surface area (Å²) in [6, 6.07) is 20.5. The number of para-hydroxylation sites is 1. The number of rotatable bonds is 8. The van der Waals surface area contributed by atoms with Gasteiger partial charge in [0.2, 0.25) is 0 Å². The fourth-order valence-corrected chi connectivity index (χ4v) is 3.04. The summed E-state index contributed by atoms with van der Waals surface area (Å²) in [5, 5.41) is 15.0. The first kappa shape index (κ1) is 17.1. The van der Waals surface area contributed by atoms with Gasteiger partial charge in [0.25, 0.3) is 0 Å². The lowest BCUT2D eigenvalue weighted by molar-refractivity contribution is 0.301. The highest BCUT2D eigenvalue weighted by Gasteiger charge is 2.02. The maximum Gasteiger partial charge on any atom is 0.148 e. The Balaban J connectivity index is 1.30. The highest BCUT2D eigenvalue weighted by atomic mass is 16.5. The molecule has 0 spiro atoms. The lowest BCUT2D eigenvalue weighted by Gasteiger charge is -2.08. The number of aryl methyl sites for hydroxylation is 2. The summed E-state index contributed by atoms with van der Waals surface area (Å²) >= 11 is 0. The topological polar surface area (TPSA) is 76.6 Å². The third-order valence-electron chi connectivity index (χ3n) is 4.46. The van der Waals surface area contributed by atoms with Gasteiger partial charge in [-0.15, -0.1) is 5.10 Å². The quantitative estimate of drug-likeness (QED) is 0.483. The Morgan fingerprint density at radius 3 is 2.74 bits per heavy atom. The van der Waals surface area contributed by atoms with Gasteiger partial charge in [-0.25, -0.2) is 10.1 Å². The van der Waals surface area contributed by atoms with Gasteiger partial charge in [0.1, 0.15) is 18.2 Å². The third-order valence-corrected chi connectivity index (χ3v) is 4.46. The van der Waals surface area contributed by atoms with Crippen LogP contribution in [-0.4, -0.2) is 25.6 Å². The van der Waals surface area contributed by atoms with Crippen molar-refractivity contribution >= 4 is 10.9 Å². The number of hydrogen-bond acceptors (Lipinski definition) is 5. The van der Waals surface area contributed by atoms with Crippen molar-refractivity contribution in [3.63, 3.8) is 0 Å². The first-order valence-electron chi connectivity index (χ1n) is 9.16. The fourth-order valence-electron chi connectivity index (χ4n) is 3.04. The number of H-pyrrole nitrogens is 1. The Bertz CT molecular complexity index is 1000. The molecule has 136 valence electrons. The van der Waals surface area contributed by atoms with Crippen LogP contribution in [0.3, 0.4) is 0 Å². The first-order valence-corrected chi connectivity index (χ1v) is 9.16. The molecule has 0 aliphatic carbocycles. The average Bonchev–Trinajstić information content (AvgIpc) is 3.23. The number of hydrogen-bond donors (Lipinski definition) is 1. The lowest BCUT2D eigenvalue weighted by atomic mass is 10.1. The molecule has 0 radical (unpaired) electrons. The van der Waals surface area contributed by atoms with Crippen molar-refractivity contribution < 1.29 is 4.74 Å². The van der Waals surface area contributed by atoms with E-state index in [1.807, 2.05) is 36.4 Å². The van der Waals surface area contributed by atoms with E-state index in [1.54, 1.807) is 0 Å². The molecular weight excluding hydrogens is 338 g/mol. The van der Waals surface area contributed by atoms with Crippen LogP contribution in [0.5, 0.6) is 5.75 Å². The molecule has 0 aliphatic rings. The van der Waals surface area contributed by atoms with Gasteiger partial charge >= 0.3 is 0 Å². The molecule has 0 bridgehead atoms. The molecule has 4 rings (SSSR count). The van der Waals surface area contributed by atoms with Gasteiger partial charge < -0.3 is 4.74 Å². The van der Waals surface area contributed by atoms with E-state index in [1.165, 1.54) is 5.56 Å². The minimum Gasteiger partial charge on any atom is -0.487 e. The standard InChI is InChI=1S/C21H21N5O/c1(4-11-21-23-25-26-24-21)6-16-7-5-9-19(14-16)27-15-18-13-12-17-8-2-3-10-20(17)22-18/h2-3,5,7-10,12-14H,1,4,6,11,15H2,(H,23,24,25,26). The Hall–Kier alpha value is -3.28. The monoisotopic (exact) mass is 359 g/mol. The van der Waals surface area contributed by atoms with Crippen LogP contribution in [-0.2, 0) is 19.4 Å². The molecule has 0 aliphatic heterocycles. The van der Waals surface area contributed by atoms with Crippen LogP contribution in [0.1, 0.15) is 29.9 Å². The zero-order chi connectivity index (χ0) is 18.3. The maximum atomic E-state index is 5.95. The predicted octanol–water partition coefficient (Wildman–Crippen LogP) is 3.89. The molecule has 0 atom stereocenters. The van der Waals surface area contributed by atoms with Gasteiger partial charge in [-0.1, -0.05) is 36.4 Å². The molecule has 2 heterocycles. The van der Waals surface area contributed by atoms with Crippen molar-refractivity contribution in [1.29, 1.82) is 0 Å². The molecule has 0 saturated carbocycles. The Labute approximate surface area is 157 Å². The number of ether oxygens (including phenoxy) is 1. The number of benzene rings is 2. The molecule has 0 amide bonds. The third kappa shape index (κ3) is 4.67. The van der Waals surface area contributed by atoms with Crippen molar-refractivity contribution in [3.8, 4) is 5.75 Å². The SMILES string of the molecule is c1cc(CCCCc2nnn[nH]2)cc(OCc2ccc3ccccc3n2)c1. The van der Waals surface area contributed by atoms with Gasteiger partial charge in [-0.05, 0) is 59.5 Å². The minimum absolute atomic E-state index is 0.465. The zero-order valence-electron chi connectivity index (χ0n) is 15.0. The minimum atomic E-state index is 0.465. The molecule has 6 nitrogen and oxygen atoms in total. The number of aromatic nitrogens is 5. The second-order valence-corrected chi connectivity index (χ2v) is 6.49. The molecule has 0 unspecified atom stereocenters. The van der Waals surface area contributed by atoms with E-state index in [-0.39, 0.29) is 0 Å². The number of unbranched alkanes of at least 4 members (excludes halogenated alkanes) is 1. The molecule has 0 saturated heterocycles. The summed E-state index contributed by atoms with van der Waals surface area (Å²) in [5.74, 6) is 1.72. The molecule has 4 aromatic rings. The zero-order valence-corrected chi connectivity index (χ0v) is 15.0. The largest absolute Gasteiger partial charge is 0.487 e. The Morgan fingerprint density at radius 1 is 0.889 bits per heavy atom. The van der Waals surface area contributed by atoms with E-state index in [0.717, 1.165) is 53.9 Å². The molecule has 27 heavy (non-hydrogen) atoms. The highest BCUT2D eigenvalue weighted by molar-refractivity contribution is 5.78. The van der Waals surface area contributed by atoms with Gasteiger partial charge in [-0.2, -0.15) is 0 Å². The molecule has 1 N–H and O–H groups in total. The summed E-state index contributed by atoms with van der Waals surface area (Å²) in [7, 11) is 0. The van der Waals surface area contributed by atoms with E-state index in [0.29, 0.717) is 6.61 Å². The van der Waals surface area contributed by atoms with Crippen LogP contribution in [0.4, 0.5) is 0 Å². The average molecular weight is 359 g/mol. The van der Waals surface area contributed by atoms with Crippen molar-refractivity contribution in [2.75, 3.05) is 0 Å². The van der Waals surface area contributed by atoms with Crippen LogP contribution < -0.4 is 4.74 Å². The van der Waals surface area contributed by atoms with Crippen molar-refractivity contribution in [2.24, 2.45) is 0 Å². The van der Waals surface area contributed by atoms with Gasteiger partial charge in [-0.3, -0.25) is 0 Å². The summed E-state index contributed by atoms with van der Waals surface area (Å²) < 4.78 is 5.95. The summed E-state index contributed by atoms with van der Waals surface area (Å²) in [6.45, 7) is 0.465. The summed E-state index contributed by atoms with van der Waals surface area (Å²) in [4.78, 5) is 4.65. The van der Waals surface area contributed by atoms with Crippen molar-refractivity contribution in [2.45, 2.75) is 32.3 Å². The smallest absolute Gasteiger partial charge is 0.148 e. The molecule has 2 aromatic heterocycles. The molecule has 2 aromatic carbocycles. The fraction of sp³-hybridized carbons (Fsp3) is 0.238. The number of nitrogens with one attached hydrogen (secondary N) is 1. The molecule has 6 heteroatoms. The van der Waals surface area contributed by atoms with E-state index in [2.05, 4.69) is 49.9 Å². The Morgan fingerprint density at radius 2 is 1.81 bits per heavy atom. The second-order valence-electron chi connectivity index (χ2n) is 6.49. The maximum absolute atomic E-state index is 5.95. The number of nitrogens with zero attached hydrogens (tertiary/aromatic N) is 4. The van der Waals surface area contributed by atoms with Crippen molar-refractivity contribution in [3.05, 3.63) is 77.7 Å². The van der Waals surface area contributed by atoms with Crippen LogP contribution in [0, 0.1) is 0 Å². The van der Waals surface area contributed by atoms with Gasteiger partial charge in [0.15, 0.2) is 0 Å². The lowest BCUT2D eigenvalue weighted by Crippen LogP contribution is -1.99. The van der Waals surface area contributed by atoms with E-state index in [9.17, 15) is 0 Å². The second kappa shape index (κ2) is 8.40. The van der Waals surface area contributed by atoms with Crippen LogP contribution >= 0.6 is 0 Å². The van der Waals surface area contributed by atoms with Gasteiger partial charge in [0.05, 0.1) is 11.2 Å². The number of fused-ring (bicyclic) bond motifs is 1. The summed E-state index contributed by atoms with van der Waals surface area (Å²) in [6.07, 6.45) is 4.00. The summed E-state index contributed by atoms with van der Waals surface area (Å²) in [5.41, 5.74) is 3.20. The van der Waals surface area contributed by atoms with Crippen LogP contribution in [0.25, 0.3) is 10.9 Å². The molecule has 0 fully saturated rings. The highest BCUT2D eigenvalue weighted by Crippen LogP contribution is 2.18. The van der Waals surface area contributed by atoms with E-state index < -0.39 is 0 Å².